The van der Waals surface area contributed by atoms with Gasteiger partial charge in [-0.15, -0.1) is 0 Å². The lowest BCUT2D eigenvalue weighted by Crippen LogP contribution is -2.44. The van der Waals surface area contributed by atoms with E-state index in [2.05, 4.69) is 12.2 Å². The first-order chi connectivity index (χ1) is 7.02. The molecule has 2 atom stereocenters. The molecular weight excluding hydrogens is 194 g/mol. The molecular formula is C11H21NO3. The van der Waals surface area contributed by atoms with E-state index in [1.54, 1.807) is 0 Å². The minimum absolute atomic E-state index is 0.117. The van der Waals surface area contributed by atoms with Crippen LogP contribution >= 0.6 is 0 Å². The summed E-state index contributed by atoms with van der Waals surface area (Å²) in [7, 11) is 0. The SMILES string of the molecule is CC1CCCC(O)(CNCCC(=O)O)C1. The van der Waals surface area contributed by atoms with Crippen LogP contribution < -0.4 is 5.32 Å². The Hall–Kier alpha value is -0.610. The van der Waals surface area contributed by atoms with Crippen molar-refractivity contribution in [2.24, 2.45) is 5.92 Å². The van der Waals surface area contributed by atoms with Crippen LogP contribution in [0.4, 0.5) is 0 Å². The molecule has 1 rings (SSSR count). The van der Waals surface area contributed by atoms with Crippen molar-refractivity contribution >= 4 is 5.97 Å². The molecule has 4 nitrogen and oxygen atoms in total. The van der Waals surface area contributed by atoms with Crippen molar-refractivity contribution in [1.29, 1.82) is 0 Å². The predicted octanol–water partition coefficient (Wildman–Crippen LogP) is 0.992. The Morgan fingerprint density at radius 2 is 2.33 bits per heavy atom. The van der Waals surface area contributed by atoms with Gasteiger partial charge in [0, 0.05) is 13.1 Å². The van der Waals surface area contributed by atoms with Crippen LogP contribution in [-0.2, 0) is 4.79 Å². The van der Waals surface area contributed by atoms with Gasteiger partial charge in [0.2, 0.25) is 0 Å². The fourth-order valence-electron chi connectivity index (χ4n) is 2.31. The quantitative estimate of drug-likeness (QED) is 0.598. The van der Waals surface area contributed by atoms with Crippen molar-refractivity contribution < 1.29 is 15.0 Å². The summed E-state index contributed by atoms with van der Waals surface area (Å²) in [6.07, 6.45) is 4.03. The molecule has 0 amide bonds. The number of nitrogens with one attached hydrogen (secondary N) is 1. The fraction of sp³-hybridized carbons (Fsp3) is 0.909. The maximum Gasteiger partial charge on any atom is 0.304 e. The molecule has 0 spiro atoms. The minimum atomic E-state index is -0.800. The number of carbonyl (C=O) groups is 1. The first-order valence-corrected chi connectivity index (χ1v) is 5.67. The van der Waals surface area contributed by atoms with Crippen molar-refractivity contribution in [3.63, 3.8) is 0 Å². The van der Waals surface area contributed by atoms with E-state index in [1.165, 1.54) is 6.42 Å². The van der Waals surface area contributed by atoms with Gasteiger partial charge in [-0.3, -0.25) is 4.79 Å². The second-order valence-corrected chi connectivity index (χ2v) is 4.75. The van der Waals surface area contributed by atoms with E-state index >= 15 is 0 Å². The molecule has 4 heteroatoms. The molecule has 0 aromatic rings. The Bertz CT molecular complexity index is 220. The van der Waals surface area contributed by atoms with Gasteiger partial charge in [0.15, 0.2) is 0 Å². The summed E-state index contributed by atoms with van der Waals surface area (Å²) in [4.78, 5) is 10.3. The Kier molecular flexibility index (Phi) is 4.54. The molecule has 0 aromatic heterocycles. The van der Waals surface area contributed by atoms with Gasteiger partial charge in [-0.2, -0.15) is 0 Å². The topological polar surface area (TPSA) is 69.6 Å². The summed E-state index contributed by atoms with van der Waals surface area (Å²) in [6, 6.07) is 0. The molecule has 0 radical (unpaired) electrons. The number of carboxylic acids is 1. The van der Waals surface area contributed by atoms with E-state index < -0.39 is 11.6 Å². The van der Waals surface area contributed by atoms with E-state index in [9.17, 15) is 9.90 Å². The molecule has 2 unspecified atom stereocenters. The number of aliphatic hydroxyl groups is 1. The van der Waals surface area contributed by atoms with Crippen LogP contribution in [0, 0.1) is 5.92 Å². The molecule has 0 bridgehead atoms. The van der Waals surface area contributed by atoms with E-state index in [0.29, 0.717) is 19.0 Å². The summed E-state index contributed by atoms with van der Waals surface area (Å²) in [5, 5.41) is 21.7. The van der Waals surface area contributed by atoms with Gasteiger partial charge in [-0.05, 0) is 18.8 Å². The van der Waals surface area contributed by atoms with Gasteiger partial charge in [0.1, 0.15) is 0 Å². The van der Waals surface area contributed by atoms with Gasteiger partial charge in [0.05, 0.1) is 12.0 Å². The first-order valence-electron chi connectivity index (χ1n) is 5.67. The van der Waals surface area contributed by atoms with Crippen molar-refractivity contribution in [2.75, 3.05) is 13.1 Å². The molecule has 0 aliphatic heterocycles. The summed E-state index contributed by atoms with van der Waals surface area (Å²) in [6.45, 7) is 3.11. The van der Waals surface area contributed by atoms with E-state index in [4.69, 9.17) is 5.11 Å². The molecule has 1 aliphatic rings. The molecule has 0 aromatic carbocycles. The van der Waals surface area contributed by atoms with Crippen LogP contribution in [-0.4, -0.2) is 34.9 Å². The zero-order chi connectivity index (χ0) is 11.3. The molecule has 0 heterocycles. The second kappa shape index (κ2) is 5.47. The Morgan fingerprint density at radius 1 is 1.60 bits per heavy atom. The van der Waals surface area contributed by atoms with Gasteiger partial charge in [0.25, 0.3) is 0 Å². The molecule has 1 aliphatic carbocycles. The van der Waals surface area contributed by atoms with Crippen LogP contribution in [0.5, 0.6) is 0 Å². The highest BCUT2D eigenvalue weighted by Crippen LogP contribution is 2.31. The molecule has 15 heavy (non-hydrogen) atoms. The third-order valence-corrected chi connectivity index (χ3v) is 3.04. The highest BCUT2D eigenvalue weighted by molar-refractivity contribution is 5.66. The smallest absolute Gasteiger partial charge is 0.304 e. The number of aliphatic carboxylic acids is 1. The third-order valence-electron chi connectivity index (χ3n) is 3.04. The first kappa shape index (κ1) is 12.5. The van der Waals surface area contributed by atoms with E-state index in [0.717, 1.165) is 19.3 Å². The van der Waals surface area contributed by atoms with E-state index in [-0.39, 0.29) is 6.42 Å². The molecule has 1 fully saturated rings. The maximum absolute atomic E-state index is 10.3. The second-order valence-electron chi connectivity index (χ2n) is 4.75. The highest BCUT2D eigenvalue weighted by atomic mass is 16.4. The Balaban J connectivity index is 2.21. The zero-order valence-electron chi connectivity index (χ0n) is 9.33. The van der Waals surface area contributed by atoms with Gasteiger partial charge < -0.3 is 15.5 Å². The summed E-state index contributed by atoms with van der Waals surface area (Å²) >= 11 is 0. The van der Waals surface area contributed by atoms with Gasteiger partial charge in [-0.25, -0.2) is 0 Å². The van der Waals surface area contributed by atoms with Crippen molar-refractivity contribution in [1.82, 2.24) is 5.32 Å². The van der Waals surface area contributed by atoms with Crippen LogP contribution in [0.3, 0.4) is 0 Å². The normalized spacial score (nSPS) is 31.5. The Morgan fingerprint density at radius 3 is 2.93 bits per heavy atom. The highest BCUT2D eigenvalue weighted by Gasteiger charge is 2.31. The minimum Gasteiger partial charge on any atom is -0.481 e. The number of carboxylic acid groups (broad SMARTS) is 1. The average Bonchev–Trinajstić information content (AvgIpc) is 2.12. The summed E-state index contributed by atoms with van der Waals surface area (Å²) in [5.74, 6) is -0.225. The fourth-order valence-corrected chi connectivity index (χ4v) is 2.31. The predicted molar refractivity (Wildman–Crippen MR) is 57.7 cm³/mol. The van der Waals surface area contributed by atoms with Crippen LogP contribution in [0.2, 0.25) is 0 Å². The number of rotatable bonds is 5. The van der Waals surface area contributed by atoms with Gasteiger partial charge >= 0.3 is 5.97 Å². The lowest BCUT2D eigenvalue weighted by molar-refractivity contribution is -0.137. The Labute approximate surface area is 90.7 Å². The largest absolute Gasteiger partial charge is 0.481 e. The van der Waals surface area contributed by atoms with E-state index in [1.807, 2.05) is 0 Å². The number of hydrogen-bond donors (Lipinski definition) is 3. The van der Waals surface area contributed by atoms with Gasteiger partial charge in [-0.1, -0.05) is 19.8 Å². The monoisotopic (exact) mass is 215 g/mol. The zero-order valence-corrected chi connectivity index (χ0v) is 9.33. The maximum atomic E-state index is 10.3. The summed E-state index contributed by atoms with van der Waals surface area (Å²) < 4.78 is 0. The lowest BCUT2D eigenvalue weighted by Gasteiger charge is -2.35. The standard InChI is InChI=1S/C11H21NO3/c1-9-3-2-5-11(15,7-9)8-12-6-4-10(13)14/h9,12,15H,2-8H2,1H3,(H,13,14). The number of hydrogen-bond acceptors (Lipinski definition) is 3. The third kappa shape index (κ3) is 4.62. The van der Waals surface area contributed by atoms with Crippen molar-refractivity contribution in [3.05, 3.63) is 0 Å². The molecule has 0 saturated heterocycles. The van der Waals surface area contributed by atoms with Crippen LogP contribution in [0.25, 0.3) is 0 Å². The van der Waals surface area contributed by atoms with Crippen LogP contribution in [0.15, 0.2) is 0 Å². The lowest BCUT2D eigenvalue weighted by atomic mass is 9.79. The molecule has 1 saturated carbocycles. The average molecular weight is 215 g/mol. The van der Waals surface area contributed by atoms with Crippen LogP contribution in [0.1, 0.15) is 39.0 Å². The molecule has 3 N–H and O–H groups in total. The molecule has 88 valence electrons. The van der Waals surface area contributed by atoms with Crippen molar-refractivity contribution in [3.8, 4) is 0 Å². The van der Waals surface area contributed by atoms with Crippen molar-refractivity contribution in [2.45, 2.75) is 44.6 Å². The summed E-state index contributed by atoms with van der Waals surface area (Å²) in [5.41, 5.74) is -0.615.